The molecule has 3 atom stereocenters. The summed E-state index contributed by atoms with van der Waals surface area (Å²) < 4.78 is 5.92. The Balaban J connectivity index is 4.63. The van der Waals surface area contributed by atoms with Gasteiger partial charge in [0.05, 0.1) is 25.2 Å². The number of nitrogens with one attached hydrogen (secondary N) is 1. The van der Waals surface area contributed by atoms with Crippen LogP contribution in [0.25, 0.3) is 0 Å². The number of aliphatic hydroxyl groups excluding tert-OH is 2. The van der Waals surface area contributed by atoms with Gasteiger partial charge >= 0.3 is 5.97 Å². The molecule has 0 aliphatic heterocycles. The van der Waals surface area contributed by atoms with E-state index < -0.39 is 18.2 Å². The molecule has 0 rings (SSSR count). The van der Waals surface area contributed by atoms with Crippen LogP contribution in [-0.2, 0) is 14.3 Å². The van der Waals surface area contributed by atoms with E-state index in [2.05, 4.69) is 62.5 Å². The van der Waals surface area contributed by atoms with Gasteiger partial charge in [-0.1, -0.05) is 224 Å². The lowest BCUT2D eigenvalue weighted by atomic mass is 10.0. The van der Waals surface area contributed by atoms with Crippen LogP contribution in [0.4, 0.5) is 0 Å². The molecule has 59 heavy (non-hydrogen) atoms. The van der Waals surface area contributed by atoms with Gasteiger partial charge in [0.15, 0.2) is 0 Å². The van der Waals surface area contributed by atoms with Crippen molar-refractivity contribution in [1.29, 1.82) is 0 Å². The standard InChI is InChI=1S/C53H99NO5/c1-4-7-10-13-16-19-22-24-26-28-30-32-35-38-41-44-49(59-53(58)46-43-40-37-34-31-29-27-25-23-20-17-14-11-8-5-2)47-52(57)54-50(48-55)51(56)45-42-39-36-33-21-18-15-12-9-6-3/h16,19,24,26,30,32,49-51,55-56H,4-15,17-18,20-23,25,27-29,31,33-48H2,1-3H3,(H,54,57)/b19-16-,26-24-,32-30-. The Morgan fingerprint density at radius 3 is 1.32 bits per heavy atom. The Hall–Kier alpha value is -1.92. The van der Waals surface area contributed by atoms with Crippen LogP contribution < -0.4 is 5.32 Å². The molecule has 0 fully saturated rings. The highest BCUT2D eigenvalue weighted by Crippen LogP contribution is 2.17. The molecule has 0 aromatic carbocycles. The topological polar surface area (TPSA) is 95.9 Å². The van der Waals surface area contributed by atoms with Gasteiger partial charge < -0.3 is 20.3 Å². The average molecular weight is 830 g/mol. The van der Waals surface area contributed by atoms with E-state index in [4.69, 9.17) is 4.74 Å². The molecule has 0 spiro atoms. The number of ether oxygens (including phenoxy) is 1. The predicted molar refractivity (Wildman–Crippen MR) is 255 cm³/mol. The SMILES string of the molecule is CCCCC/C=C\C/C=C\C/C=C\CCCCC(CC(=O)NC(CO)C(O)CCCCCCCCCCCC)OC(=O)CCCCCCCCCCCCCCCCC. The van der Waals surface area contributed by atoms with E-state index in [9.17, 15) is 19.8 Å². The van der Waals surface area contributed by atoms with Crippen LogP contribution in [0, 0.1) is 0 Å². The van der Waals surface area contributed by atoms with Crippen molar-refractivity contribution in [3.63, 3.8) is 0 Å². The minimum Gasteiger partial charge on any atom is -0.462 e. The van der Waals surface area contributed by atoms with Crippen molar-refractivity contribution in [3.8, 4) is 0 Å². The summed E-state index contributed by atoms with van der Waals surface area (Å²) in [6.07, 6.45) is 54.9. The molecular weight excluding hydrogens is 731 g/mol. The van der Waals surface area contributed by atoms with Gasteiger partial charge in [0.25, 0.3) is 0 Å². The molecule has 0 heterocycles. The Kier molecular flexibility index (Phi) is 45.6. The molecule has 0 saturated heterocycles. The number of carbonyl (C=O) groups is 2. The lowest BCUT2D eigenvalue weighted by Gasteiger charge is -2.24. The number of esters is 1. The second-order valence-electron chi connectivity index (χ2n) is 17.6. The number of unbranched alkanes of at least 4 members (excludes halogenated alkanes) is 28. The molecule has 0 bridgehead atoms. The third-order valence-electron chi connectivity index (χ3n) is 11.7. The quantitative estimate of drug-likeness (QED) is 0.0323. The second-order valence-corrected chi connectivity index (χ2v) is 17.6. The van der Waals surface area contributed by atoms with Crippen molar-refractivity contribution in [3.05, 3.63) is 36.5 Å². The molecule has 6 nitrogen and oxygen atoms in total. The van der Waals surface area contributed by atoms with E-state index in [0.29, 0.717) is 19.3 Å². The van der Waals surface area contributed by atoms with Gasteiger partial charge in [-0.3, -0.25) is 9.59 Å². The Morgan fingerprint density at radius 1 is 0.492 bits per heavy atom. The molecule has 6 heteroatoms. The highest BCUT2D eigenvalue weighted by Gasteiger charge is 2.24. The van der Waals surface area contributed by atoms with Gasteiger partial charge in [-0.25, -0.2) is 0 Å². The van der Waals surface area contributed by atoms with Crippen molar-refractivity contribution in [2.24, 2.45) is 0 Å². The van der Waals surface area contributed by atoms with Crippen LogP contribution in [-0.4, -0.2) is 46.9 Å². The summed E-state index contributed by atoms with van der Waals surface area (Å²) in [5, 5.41) is 23.7. The minimum atomic E-state index is -0.794. The zero-order valence-corrected chi connectivity index (χ0v) is 39.4. The lowest BCUT2D eigenvalue weighted by Crippen LogP contribution is -2.46. The first-order chi connectivity index (χ1) is 29.0. The van der Waals surface area contributed by atoms with Crippen molar-refractivity contribution in [2.75, 3.05) is 6.61 Å². The lowest BCUT2D eigenvalue weighted by molar-refractivity contribution is -0.151. The zero-order chi connectivity index (χ0) is 43.1. The summed E-state index contributed by atoms with van der Waals surface area (Å²) in [6, 6.07) is -0.709. The number of rotatable bonds is 46. The fourth-order valence-electron chi connectivity index (χ4n) is 7.79. The predicted octanol–water partition coefficient (Wildman–Crippen LogP) is 15.3. The van der Waals surface area contributed by atoms with E-state index in [1.54, 1.807) is 0 Å². The van der Waals surface area contributed by atoms with Gasteiger partial charge in [0.1, 0.15) is 6.10 Å². The largest absolute Gasteiger partial charge is 0.462 e. The van der Waals surface area contributed by atoms with Gasteiger partial charge in [0, 0.05) is 6.42 Å². The van der Waals surface area contributed by atoms with Crippen LogP contribution in [0.3, 0.4) is 0 Å². The number of amides is 1. The highest BCUT2D eigenvalue weighted by atomic mass is 16.5. The maximum atomic E-state index is 13.2. The highest BCUT2D eigenvalue weighted by molar-refractivity contribution is 5.77. The normalized spacial score (nSPS) is 13.5. The summed E-state index contributed by atoms with van der Waals surface area (Å²) in [5.41, 5.74) is 0. The summed E-state index contributed by atoms with van der Waals surface area (Å²) in [5.74, 6) is -0.502. The molecule has 0 aliphatic rings. The van der Waals surface area contributed by atoms with Crippen LogP contribution >= 0.6 is 0 Å². The molecule has 0 saturated carbocycles. The molecular formula is C53H99NO5. The van der Waals surface area contributed by atoms with Crippen molar-refractivity contribution < 1.29 is 24.5 Å². The maximum absolute atomic E-state index is 13.2. The molecule has 3 unspecified atom stereocenters. The first-order valence-corrected chi connectivity index (χ1v) is 25.7. The first kappa shape index (κ1) is 57.1. The van der Waals surface area contributed by atoms with Crippen LogP contribution in [0.15, 0.2) is 36.5 Å². The molecule has 0 radical (unpaired) electrons. The fraction of sp³-hybridized carbons (Fsp3) is 0.849. The van der Waals surface area contributed by atoms with Crippen molar-refractivity contribution in [1.82, 2.24) is 5.32 Å². The van der Waals surface area contributed by atoms with Crippen molar-refractivity contribution >= 4 is 11.9 Å². The minimum absolute atomic E-state index is 0.0553. The number of aliphatic hydroxyl groups is 2. The number of hydrogen-bond donors (Lipinski definition) is 3. The van der Waals surface area contributed by atoms with E-state index >= 15 is 0 Å². The number of carbonyl (C=O) groups excluding carboxylic acids is 2. The molecule has 3 N–H and O–H groups in total. The van der Waals surface area contributed by atoms with Crippen LogP contribution in [0.2, 0.25) is 0 Å². The third-order valence-corrected chi connectivity index (χ3v) is 11.7. The number of hydrogen-bond acceptors (Lipinski definition) is 5. The molecule has 0 aromatic rings. The number of allylic oxidation sites excluding steroid dienone is 6. The van der Waals surface area contributed by atoms with Gasteiger partial charge in [-0.05, 0) is 64.2 Å². The van der Waals surface area contributed by atoms with Crippen molar-refractivity contribution in [2.45, 2.75) is 283 Å². The summed E-state index contributed by atoms with van der Waals surface area (Å²) in [4.78, 5) is 26.1. The smallest absolute Gasteiger partial charge is 0.306 e. The van der Waals surface area contributed by atoms with Crippen LogP contribution in [0.5, 0.6) is 0 Å². The fourth-order valence-corrected chi connectivity index (χ4v) is 7.79. The molecule has 1 amide bonds. The second kappa shape index (κ2) is 47.1. The van der Waals surface area contributed by atoms with Gasteiger partial charge in [0.2, 0.25) is 5.91 Å². The monoisotopic (exact) mass is 830 g/mol. The Labute approximate surface area is 366 Å². The maximum Gasteiger partial charge on any atom is 0.306 e. The Bertz CT molecular complexity index is 977. The first-order valence-electron chi connectivity index (χ1n) is 25.7. The van der Waals surface area contributed by atoms with E-state index in [-0.39, 0.29) is 24.9 Å². The molecule has 0 aromatic heterocycles. The third kappa shape index (κ3) is 42.6. The van der Waals surface area contributed by atoms with E-state index in [1.807, 2.05) is 0 Å². The van der Waals surface area contributed by atoms with Gasteiger partial charge in [-0.15, -0.1) is 0 Å². The van der Waals surface area contributed by atoms with Crippen LogP contribution in [0.1, 0.15) is 265 Å². The zero-order valence-electron chi connectivity index (χ0n) is 39.4. The molecule has 0 aliphatic carbocycles. The Morgan fingerprint density at radius 2 is 0.864 bits per heavy atom. The van der Waals surface area contributed by atoms with E-state index in [0.717, 1.165) is 70.6 Å². The summed E-state index contributed by atoms with van der Waals surface area (Å²) in [7, 11) is 0. The van der Waals surface area contributed by atoms with Gasteiger partial charge in [-0.2, -0.15) is 0 Å². The average Bonchev–Trinajstić information content (AvgIpc) is 3.23. The summed E-state index contributed by atoms with van der Waals surface area (Å²) >= 11 is 0. The molecule has 346 valence electrons. The summed E-state index contributed by atoms with van der Waals surface area (Å²) in [6.45, 7) is 6.44. The van der Waals surface area contributed by atoms with E-state index in [1.165, 1.54) is 148 Å².